The Morgan fingerprint density at radius 3 is 1.32 bits per heavy atom. The predicted molar refractivity (Wildman–Crippen MR) is 272 cm³/mol. The van der Waals surface area contributed by atoms with Gasteiger partial charge in [0, 0.05) is 76.5 Å². The number of hydrogen-bond acceptors (Lipinski definition) is 9. The molecule has 8 rings (SSSR count). The number of carbonyl (C=O) groups is 4. The number of carboxylic acid groups (broad SMARTS) is 2. The number of benzene rings is 2. The second-order valence-electron chi connectivity index (χ2n) is 21.7. The molecule has 4 aromatic rings. The number of aliphatic carboxylic acids is 2. The number of aryl methyl sites for hydroxylation is 2. The number of Topliss-reactive ketones (excluding diaryl/α,β-unsaturated/α-hetero) is 2. The standard InChI is InChI=1S/2C29H38ClNO4.Na/c2*1-4-18(5-2)11-19-12-23(13-19)29-27(20-8-9-20)28(31-35-29)22(16-26(33)34)15-24(32)14-21-7-6-17(3)10-25(21)30;/h2*6-7,10,18-20,22-23H,4-5,8-9,11-16H2,1-3H3,(H,33,34);/q;;+1/p-1. The van der Waals surface area contributed by atoms with Crippen molar-refractivity contribution in [3.63, 3.8) is 0 Å². The van der Waals surface area contributed by atoms with Gasteiger partial charge in [-0.25, -0.2) is 0 Å². The van der Waals surface area contributed by atoms with Crippen molar-refractivity contribution < 1.29 is 68.0 Å². The summed E-state index contributed by atoms with van der Waals surface area (Å²) < 4.78 is 11.8. The molecule has 0 radical (unpaired) electrons. The van der Waals surface area contributed by atoms with E-state index in [-0.39, 0.29) is 79.6 Å². The molecule has 0 spiro atoms. The summed E-state index contributed by atoms with van der Waals surface area (Å²) >= 11 is 12.7. The van der Waals surface area contributed by atoms with Crippen molar-refractivity contribution in [2.75, 3.05) is 0 Å². The van der Waals surface area contributed by atoms with Crippen LogP contribution in [0.2, 0.25) is 10.0 Å². The van der Waals surface area contributed by atoms with Gasteiger partial charge in [-0.1, -0.05) is 111 Å². The van der Waals surface area contributed by atoms with Gasteiger partial charge in [-0.05, 0) is 154 Å². The molecule has 4 aliphatic carbocycles. The molecule has 13 heteroatoms. The van der Waals surface area contributed by atoms with E-state index in [4.69, 9.17) is 32.2 Å². The van der Waals surface area contributed by atoms with E-state index >= 15 is 0 Å². The van der Waals surface area contributed by atoms with Crippen molar-refractivity contribution in [3.05, 3.63) is 103 Å². The van der Waals surface area contributed by atoms with E-state index < -0.39 is 23.8 Å². The SMILES string of the molecule is CCC(CC)CC1CC(c2onc(C(CC(=O)O)CC(=O)Cc3ccc(C)cc3Cl)c2C2CC2)C1.CCC(CC)CC1CC(c2onc(C(CC(=O)[O-])CC(=O)Cc3ccc(C)cc3Cl)c2C2CC2)C1.[Na+]. The first-order valence-corrected chi connectivity index (χ1v) is 27.3. The topological polar surface area (TPSA) is 164 Å². The van der Waals surface area contributed by atoms with Gasteiger partial charge >= 0.3 is 35.5 Å². The molecular weight excluding hydrogens is 947 g/mol. The van der Waals surface area contributed by atoms with Gasteiger partial charge in [0.1, 0.15) is 23.1 Å². The molecule has 0 saturated heterocycles. The van der Waals surface area contributed by atoms with Crippen molar-refractivity contribution in [1.82, 2.24) is 10.3 Å². The number of rotatable bonds is 26. The van der Waals surface area contributed by atoms with Crippen LogP contribution >= 0.6 is 23.2 Å². The van der Waals surface area contributed by atoms with Crippen LogP contribution in [0.3, 0.4) is 0 Å². The number of carbonyl (C=O) groups excluding carboxylic acids is 3. The molecule has 4 saturated carbocycles. The number of aromatic nitrogens is 2. The molecule has 4 fully saturated rings. The smallest absolute Gasteiger partial charge is 0.550 e. The number of nitrogens with zero attached hydrogens (tertiary/aromatic N) is 2. The summed E-state index contributed by atoms with van der Waals surface area (Å²) in [6.07, 6.45) is 16.5. The normalized spacial score (nSPS) is 20.3. The number of halogens is 2. The van der Waals surface area contributed by atoms with Crippen molar-refractivity contribution >= 4 is 46.7 Å². The fourth-order valence-electron chi connectivity index (χ4n) is 11.5. The van der Waals surface area contributed by atoms with Crippen LogP contribution in [-0.2, 0) is 32.0 Å². The van der Waals surface area contributed by atoms with Gasteiger partial charge in [0.05, 0.1) is 17.8 Å². The Kier molecular flexibility index (Phi) is 21.1. The Balaban J connectivity index is 0.000000229. The van der Waals surface area contributed by atoms with Crippen LogP contribution in [0.25, 0.3) is 0 Å². The molecule has 2 unspecified atom stereocenters. The molecule has 0 bridgehead atoms. The summed E-state index contributed by atoms with van der Waals surface area (Å²) in [4.78, 5) is 49.4. The van der Waals surface area contributed by atoms with Crippen molar-refractivity contribution in [2.45, 2.75) is 205 Å². The second kappa shape index (κ2) is 26.3. The first-order valence-electron chi connectivity index (χ1n) is 26.5. The van der Waals surface area contributed by atoms with Crippen LogP contribution in [0.4, 0.5) is 0 Å². The molecule has 4 aliphatic rings. The Morgan fingerprint density at radius 2 is 1.00 bits per heavy atom. The largest absolute Gasteiger partial charge is 1.00 e. The summed E-state index contributed by atoms with van der Waals surface area (Å²) in [6, 6.07) is 11.3. The molecule has 0 amide bonds. The van der Waals surface area contributed by atoms with Gasteiger partial charge in [-0.15, -0.1) is 0 Å². The zero-order valence-corrected chi connectivity index (χ0v) is 46.8. The maximum Gasteiger partial charge on any atom is 1.00 e. The molecule has 2 heterocycles. The van der Waals surface area contributed by atoms with Gasteiger partial charge < -0.3 is 24.1 Å². The van der Waals surface area contributed by atoms with Gasteiger partial charge in [-0.2, -0.15) is 0 Å². The van der Waals surface area contributed by atoms with Crippen LogP contribution in [0.5, 0.6) is 0 Å². The van der Waals surface area contributed by atoms with E-state index in [0.29, 0.717) is 45.1 Å². The third-order valence-corrected chi connectivity index (χ3v) is 16.8. The fraction of sp³-hybridized carbons (Fsp3) is 0.621. The molecule has 10 nitrogen and oxygen atoms in total. The fourth-order valence-corrected chi connectivity index (χ4v) is 12.1. The van der Waals surface area contributed by atoms with E-state index in [1.165, 1.54) is 38.5 Å². The Labute approximate surface area is 453 Å². The Bertz CT molecular complexity index is 2270. The van der Waals surface area contributed by atoms with Crippen LogP contribution < -0.4 is 34.7 Å². The molecule has 1 N–H and O–H groups in total. The van der Waals surface area contributed by atoms with Gasteiger partial charge in [-0.3, -0.25) is 14.4 Å². The van der Waals surface area contributed by atoms with E-state index in [9.17, 15) is 29.4 Å². The minimum atomic E-state index is -1.17. The predicted octanol–water partition coefficient (Wildman–Crippen LogP) is 10.9. The zero-order chi connectivity index (χ0) is 50.2. The molecule has 2 aromatic heterocycles. The summed E-state index contributed by atoms with van der Waals surface area (Å²) in [5, 5.41) is 31.2. The molecule has 71 heavy (non-hydrogen) atoms. The van der Waals surface area contributed by atoms with E-state index in [2.05, 4.69) is 38.0 Å². The van der Waals surface area contributed by atoms with Crippen molar-refractivity contribution in [2.24, 2.45) is 23.7 Å². The first-order chi connectivity index (χ1) is 33.6. The van der Waals surface area contributed by atoms with E-state index in [0.717, 1.165) is 120 Å². The van der Waals surface area contributed by atoms with Crippen LogP contribution in [0, 0.1) is 37.5 Å². The Morgan fingerprint density at radius 1 is 0.620 bits per heavy atom. The van der Waals surface area contributed by atoms with E-state index in [1.807, 2.05) is 50.2 Å². The van der Waals surface area contributed by atoms with Gasteiger partial charge in [0.2, 0.25) is 0 Å². The summed E-state index contributed by atoms with van der Waals surface area (Å²) in [5.74, 6) is 3.27. The molecular formula is C58H75Cl2N2NaO8. The summed E-state index contributed by atoms with van der Waals surface area (Å²) in [6.45, 7) is 13.0. The van der Waals surface area contributed by atoms with Crippen LogP contribution in [0.15, 0.2) is 45.4 Å². The third kappa shape index (κ3) is 15.4. The molecule has 2 aromatic carbocycles. The van der Waals surface area contributed by atoms with Crippen molar-refractivity contribution in [1.29, 1.82) is 0 Å². The minimum Gasteiger partial charge on any atom is -0.550 e. The zero-order valence-electron chi connectivity index (χ0n) is 43.3. The number of carboxylic acids is 2. The summed E-state index contributed by atoms with van der Waals surface area (Å²) in [7, 11) is 0. The number of hydrogen-bond donors (Lipinski definition) is 1. The van der Waals surface area contributed by atoms with Gasteiger partial charge in [0.15, 0.2) is 0 Å². The average molecular weight is 1020 g/mol. The van der Waals surface area contributed by atoms with Gasteiger partial charge in [0.25, 0.3) is 0 Å². The monoisotopic (exact) mass is 1020 g/mol. The quantitative estimate of drug-likeness (QED) is 0.0599. The Hall–Kier alpha value is -3.28. The molecule has 2 atom stereocenters. The summed E-state index contributed by atoms with van der Waals surface area (Å²) in [5.41, 5.74) is 7.18. The molecule has 380 valence electrons. The van der Waals surface area contributed by atoms with Crippen LogP contribution in [0.1, 0.15) is 235 Å². The third-order valence-electron chi connectivity index (χ3n) is 16.1. The second-order valence-corrected chi connectivity index (χ2v) is 22.6. The van der Waals surface area contributed by atoms with E-state index in [1.54, 1.807) is 0 Å². The number of ketones is 2. The molecule has 0 aliphatic heterocycles. The maximum absolute atomic E-state index is 13.0. The van der Waals surface area contributed by atoms with Crippen molar-refractivity contribution in [3.8, 4) is 0 Å². The maximum atomic E-state index is 13.0. The van der Waals surface area contributed by atoms with Crippen LogP contribution in [-0.4, -0.2) is 38.9 Å². The minimum absolute atomic E-state index is 0. The first kappa shape index (κ1) is 57.0. The average Bonchev–Trinajstić information content (AvgIpc) is 4.22.